The van der Waals surface area contributed by atoms with Crippen LogP contribution in [-0.4, -0.2) is 36.9 Å². The smallest absolute Gasteiger partial charge is 0.322 e. The average molecular weight is 161 g/mol. The fourth-order valence-corrected chi connectivity index (χ4v) is 0.607. The third-order valence-electron chi connectivity index (χ3n) is 1.27. The van der Waals surface area contributed by atoms with E-state index in [4.69, 9.17) is 5.11 Å². The van der Waals surface area contributed by atoms with E-state index in [1.807, 2.05) is 0 Å². The summed E-state index contributed by atoms with van der Waals surface area (Å²) in [4.78, 5) is 10.8. The van der Waals surface area contributed by atoms with Crippen LogP contribution < -0.4 is 5.32 Å². The Balaban J connectivity index is 3.52. The molecular weight excluding hydrogens is 146 g/mol. The summed E-state index contributed by atoms with van der Waals surface area (Å²) in [6.07, 6.45) is -0.442. The lowest BCUT2D eigenvalue weighted by Gasteiger charge is -2.12. The monoisotopic (exact) mass is 161 g/mol. The molecule has 0 rings (SSSR count). The molecule has 0 aromatic heterocycles. The van der Waals surface area contributed by atoms with Crippen molar-refractivity contribution in [3.05, 3.63) is 0 Å². The molecule has 0 heterocycles. The molecule has 0 aliphatic rings. The molecule has 0 saturated carbocycles. The predicted octanol–water partition coefficient (Wildman–Crippen LogP) is -0.482. The molecule has 66 valence electrons. The maximum Gasteiger partial charge on any atom is 0.322 e. The van der Waals surface area contributed by atoms with E-state index in [1.165, 1.54) is 7.11 Å². The summed E-state index contributed by atoms with van der Waals surface area (Å²) < 4.78 is 4.46. The number of esters is 1. The summed E-state index contributed by atoms with van der Waals surface area (Å²) >= 11 is 0. The van der Waals surface area contributed by atoms with E-state index in [1.54, 1.807) is 13.8 Å². The molecule has 1 unspecified atom stereocenters. The van der Waals surface area contributed by atoms with Crippen LogP contribution in [0.15, 0.2) is 0 Å². The van der Waals surface area contributed by atoms with E-state index in [-0.39, 0.29) is 12.0 Å². The predicted molar refractivity (Wildman–Crippen MR) is 41.2 cm³/mol. The number of carbonyl (C=O) groups is 1. The highest BCUT2D eigenvalue weighted by atomic mass is 16.5. The van der Waals surface area contributed by atoms with Crippen molar-refractivity contribution >= 4 is 5.97 Å². The van der Waals surface area contributed by atoms with E-state index < -0.39 is 6.10 Å². The largest absolute Gasteiger partial charge is 0.468 e. The van der Waals surface area contributed by atoms with Gasteiger partial charge in [-0.05, 0) is 13.8 Å². The fourth-order valence-electron chi connectivity index (χ4n) is 0.607. The van der Waals surface area contributed by atoms with Crippen LogP contribution in [0.25, 0.3) is 0 Å². The average Bonchev–Trinajstić information content (AvgIpc) is 1.98. The minimum absolute atomic E-state index is 0.314. The highest BCUT2D eigenvalue weighted by Crippen LogP contribution is 1.86. The van der Waals surface area contributed by atoms with Gasteiger partial charge in [0.1, 0.15) is 6.04 Å². The molecule has 0 bridgehead atoms. The molecule has 2 atom stereocenters. The van der Waals surface area contributed by atoms with Crippen molar-refractivity contribution < 1.29 is 14.6 Å². The van der Waals surface area contributed by atoms with Crippen molar-refractivity contribution in [2.45, 2.75) is 26.0 Å². The van der Waals surface area contributed by atoms with Crippen LogP contribution in [0.2, 0.25) is 0 Å². The van der Waals surface area contributed by atoms with Crippen molar-refractivity contribution in [1.82, 2.24) is 5.32 Å². The first-order valence-corrected chi connectivity index (χ1v) is 3.57. The zero-order valence-corrected chi connectivity index (χ0v) is 7.13. The Morgan fingerprint density at radius 1 is 1.64 bits per heavy atom. The van der Waals surface area contributed by atoms with Crippen LogP contribution in [0.3, 0.4) is 0 Å². The van der Waals surface area contributed by atoms with E-state index in [0.29, 0.717) is 6.54 Å². The number of rotatable bonds is 4. The molecule has 4 heteroatoms. The highest BCUT2D eigenvalue weighted by molar-refractivity contribution is 5.75. The molecule has 4 nitrogen and oxygen atoms in total. The maximum absolute atomic E-state index is 10.8. The molecule has 0 aromatic rings. The normalized spacial score (nSPS) is 15.6. The lowest BCUT2D eigenvalue weighted by Crippen LogP contribution is -2.38. The van der Waals surface area contributed by atoms with Crippen molar-refractivity contribution in [3.8, 4) is 0 Å². The highest BCUT2D eigenvalue weighted by Gasteiger charge is 2.11. The standard InChI is InChI=1S/C7H15NO3/c1-5(9)4-8-6(2)7(10)11-3/h5-6,8-9H,4H2,1-3H3/t5-,6?/m0/s1. The van der Waals surface area contributed by atoms with Gasteiger partial charge in [-0.1, -0.05) is 0 Å². The first-order chi connectivity index (χ1) is 5.07. The number of ether oxygens (including phenoxy) is 1. The fraction of sp³-hybridized carbons (Fsp3) is 0.857. The van der Waals surface area contributed by atoms with Crippen molar-refractivity contribution in [3.63, 3.8) is 0 Å². The number of nitrogens with one attached hydrogen (secondary N) is 1. The quantitative estimate of drug-likeness (QED) is 0.547. The topological polar surface area (TPSA) is 58.6 Å². The second-order valence-corrected chi connectivity index (χ2v) is 2.50. The first-order valence-electron chi connectivity index (χ1n) is 3.57. The van der Waals surface area contributed by atoms with Gasteiger partial charge in [-0.3, -0.25) is 4.79 Å². The van der Waals surface area contributed by atoms with Crippen LogP contribution in [0.1, 0.15) is 13.8 Å². The zero-order chi connectivity index (χ0) is 8.85. The van der Waals surface area contributed by atoms with Crippen molar-refractivity contribution in [2.75, 3.05) is 13.7 Å². The molecule has 0 aliphatic carbocycles. The van der Waals surface area contributed by atoms with Gasteiger partial charge in [0, 0.05) is 6.54 Å². The Hall–Kier alpha value is -0.610. The van der Waals surface area contributed by atoms with E-state index in [0.717, 1.165) is 0 Å². The SMILES string of the molecule is COC(=O)C(C)NC[C@H](C)O. The number of methoxy groups -OCH3 is 1. The first kappa shape index (κ1) is 10.4. The summed E-state index contributed by atoms with van der Waals surface area (Å²) in [5.41, 5.74) is 0. The maximum atomic E-state index is 10.8. The Labute approximate surface area is 66.5 Å². The van der Waals surface area contributed by atoms with Gasteiger partial charge in [-0.25, -0.2) is 0 Å². The Morgan fingerprint density at radius 3 is 2.55 bits per heavy atom. The summed E-state index contributed by atoms with van der Waals surface area (Å²) in [5, 5.41) is 11.6. The van der Waals surface area contributed by atoms with Crippen molar-refractivity contribution in [2.24, 2.45) is 0 Å². The summed E-state index contributed by atoms with van der Waals surface area (Å²) in [6, 6.07) is -0.352. The number of hydrogen-bond acceptors (Lipinski definition) is 4. The number of carbonyl (C=O) groups excluding carboxylic acids is 1. The molecule has 0 amide bonds. The van der Waals surface area contributed by atoms with E-state index in [2.05, 4.69) is 10.1 Å². The zero-order valence-electron chi connectivity index (χ0n) is 7.13. The van der Waals surface area contributed by atoms with Crippen molar-refractivity contribution in [1.29, 1.82) is 0 Å². The molecule has 0 radical (unpaired) electrons. The minimum atomic E-state index is -0.442. The minimum Gasteiger partial charge on any atom is -0.468 e. The summed E-state index contributed by atoms with van der Waals surface area (Å²) in [7, 11) is 1.34. The van der Waals surface area contributed by atoms with Gasteiger partial charge in [0.05, 0.1) is 13.2 Å². The second kappa shape index (κ2) is 5.09. The lowest BCUT2D eigenvalue weighted by atomic mass is 10.3. The van der Waals surface area contributed by atoms with Crippen LogP contribution in [0.5, 0.6) is 0 Å². The van der Waals surface area contributed by atoms with Gasteiger partial charge in [0.15, 0.2) is 0 Å². The van der Waals surface area contributed by atoms with Gasteiger partial charge >= 0.3 is 5.97 Å². The van der Waals surface area contributed by atoms with E-state index >= 15 is 0 Å². The number of aliphatic hydroxyl groups excluding tert-OH is 1. The molecule has 0 aliphatic heterocycles. The van der Waals surface area contributed by atoms with Gasteiger partial charge in [0.2, 0.25) is 0 Å². The van der Waals surface area contributed by atoms with Gasteiger partial charge in [-0.15, -0.1) is 0 Å². The molecule has 2 N–H and O–H groups in total. The van der Waals surface area contributed by atoms with Crippen LogP contribution >= 0.6 is 0 Å². The molecule has 0 spiro atoms. The third-order valence-corrected chi connectivity index (χ3v) is 1.27. The Kier molecular flexibility index (Phi) is 4.81. The van der Waals surface area contributed by atoms with Gasteiger partial charge in [-0.2, -0.15) is 0 Å². The van der Waals surface area contributed by atoms with Crippen LogP contribution in [0.4, 0.5) is 0 Å². The van der Waals surface area contributed by atoms with Crippen LogP contribution in [-0.2, 0) is 9.53 Å². The van der Waals surface area contributed by atoms with Gasteiger partial charge < -0.3 is 15.2 Å². The Bertz CT molecular complexity index is 125. The summed E-state index contributed by atoms with van der Waals surface area (Å²) in [5.74, 6) is -0.314. The molecule has 11 heavy (non-hydrogen) atoms. The number of hydrogen-bond donors (Lipinski definition) is 2. The lowest BCUT2D eigenvalue weighted by molar-refractivity contribution is -0.142. The number of aliphatic hydroxyl groups is 1. The summed E-state index contributed by atoms with van der Waals surface area (Å²) in [6.45, 7) is 3.74. The molecule has 0 fully saturated rings. The van der Waals surface area contributed by atoms with Crippen LogP contribution in [0, 0.1) is 0 Å². The van der Waals surface area contributed by atoms with E-state index in [9.17, 15) is 4.79 Å². The van der Waals surface area contributed by atoms with Gasteiger partial charge in [0.25, 0.3) is 0 Å². The third kappa shape index (κ3) is 4.75. The molecule has 0 saturated heterocycles. The second-order valence-electron chi connectivity index (χ2n) is 2.50. The molecule has 0 aromatic carbocycles. The Morgan fingerprint density at radius 2 is 2.18 bits per heavy atom. The molecular formula is C7H15NO3.